The maximum absolute atomic E-state index is 13.4. The number of amides is 1. The van der Waals surface area contributed by atoms with Gasteiger partial charge in [-0.1, -0.05) is 12.1 Å². The topological polar surface area (TPSA) is 51.7 Å². The standard InChI is InChI=1S/C22H21BrN2O3/c1-15-13-18(28-3)10-11-20(15)25(14-16-6-8-17(27-2)9-7-16)22(26)21-19(23)5-4-12-24-21/h4-13H,14H2,1-3H3. The van der Waals surface area contributed by atoms with Crippen LogP contribution in [0, 0.1) is 6.92 Å². The molecule has 0 saturated heterocycles. The number of rotatable bonds is 6. The number of aromatic nitrogens is 1. The van der Waals surface area contributed by atoms with Crippen LogP contribution in [0.1, 0.15) is 21.6 Å². The van der Waals surface area contributed by atoms with E-state index in [1.54, 1.807) is 31.4 Å². The third-order valence-corrected chi connectivity index (χ3v) is 5.04. The second kappa shape index (κ2) is 8.89. The quantitative estimate of drug-likeness (QED) is 0.539. The van der Waals surface area contributed by atoms with Crippen LogP contribution in [0.3, 0.4) is 0 Å². The van der Waals surface area contributed by atoms with Gasteiger partial charge >= 0.3 is 0 Å². The molecule has 144 valence electrons. The van der Waals surface area contributed by atoms with Crippen molar-refractivity contribution in [2.24, 2.45) is 0 Å². The normalized spacial score (nSPS) is 10.4. The van der Waals surface area contributed by atoms with Crippen molar-refractivity contribution >= 4 is 27.5 Å². The van der Waals surface area contributed by atoms with Gasteiger partial charge in [0.25, 0.3) is 5.91 Å². The third-order valence-electron chi connectivity index (χ3n) is 4.40. The van der Waals surface area contributed by atoms with Crippen LogP contribution < -0.4 is 14.4 Å². The second-order valence-corrected chi connectivity index (χ2v) is 7.08. The number of anilines is 1. The molecule has 0 N–H and O–H groups in total. The van der Waals surface area contributed by atoms with E-state index < -0.39 is 0 Å². The molecular weight excluding hydrogens is 420 g/mol. The minimum absolute atomic E-state index is 0.184. The summed E-state index contributed by atoms with van der Waals surface area (Å²) in [5.41, 5.74) is 3.09. The third kappa shape index (κ3) is 4.34. The molecule has 3 aromatic rings. The lowest BCUT2D eigenvalue weighted by molar-refractivity contribution is 0.0979. The first-order chi connectivity index (χ1) is 13.5. The average molecular weight is 441 g/mol. The Kier molecular flexibility index (Phi) is 6.31. The number of carbonyl (C=O) groups excluding carboxylic acids is 1. The van der Waals surface area contributed by atoms with Crippen molar-refractivity contribution in [3.8, 4) is 11.5 Å². The molecule has 0 aliphatic carbocycles. The summed E-state index contributed by atoms with van der Waals surface area (Å²) in [5.74, 6) is 1.34. The van der Waals surface area contributed by atoms with Crippen molar-refractivity contribution in [3.63, 3.8) is 0 Å². The molecule has 6 heteroatoms. The summed E-state index contributed by atoms with van der Waals surface area (Å²) >= 11 is 3.44. The first-order valence-corrected chi connectivity index (χ1v) is 9.52. The Bertz CT molecular complexity index is 974. The Morgan fingerprint density at radius 1 is 1.04 bits per heavy atom. The molecular formula is C22H21BrN2O3. The summed E-state index contributed by atoms with van der Waals surface area (Å²) < 4.78 is 11.2. The average Bonchev–Trinajstić information content (AvgIpc) is 2.72. The van der Waals surface area contributed by atoms with E-state index in [0.29, 0.717) is 16.7 Å². The smallest absolute Gasteiger partial charge is 0.278 e. The van der Waals surface area contributed by atoms with Crippen LogP contribution in [0.2, 0.25) is 0 Å². The summed E-state index contributed by atoms with van der Waals surface area (Å²) in [6, 6.07) is 16.9. The van der Waals surface area contributed by atoms with Gasteiger partial charge in [-0.3, -0.25) is 4.79 Å². The molecule has 5 nitrogen and oxygen atoms in total. The Morgan fingerprint density at radius 2 is 1.71 bits per heavy atom. The maximum atomic E-state index is 13.4. The molecule has 28 heavy (non-hydrogen) atoms. The largest absolute Gasteiger partial charge is 0.497 e. The van der Waals surface area contributed by atoms with Crippen molar-refractivity contribution in [1.29, 1.82) is 0 Å². The molecule has 0 saturated carbocycles. The highest BCUT2D eigenvalue weighted by molar-refractivity contribution is 9.10. The number of hydrogen-bond acceptors (Lipinski definition) is 4. The summed E-state index contributed by atoms with van der Waals surface area (Å²) in [4.78, 5) is 19.4. The number of pyridine rings is 1. The molecule has 1 aromatic heterocycles. The monoisotopic (exact) mass is 440 g/mol. The van der Waals surface area contributed by atoms with Gasteiger partial charge in [-0.15, -0.1) is 0 Å². The van der Waals surface area contributed by atoms with E-state index in [9.17, 15) is 4.79 Å². The Morgan fingerprint density at radius 3 is 2.32 bits per heavy atom. The van der Waals surface area contributed by atoms with Gasteiger partial charge in [-0.05, 0) is 76.4 Å². The number of ether oxygens (including phenoxy) is 2. The molecule has 0 aliphatic heterocycles. The van der Waals surface area contributed by atoms with E-state index >= 15 is 0 Å². The zero-order valence-electron chi connectivity index (χ0n) is 16.0. The maximum Gasteiger partial charge on any atom is 0.278 e. The number of benzene rings is 2. The van der Waals surface area contributed by atoms with Crippen LogP contribution in [-0.4, -0.2) is 25.1 Å². The van der Waals surface area contributed by atoms with Crippen molar-refractivity contribution in [3.05, 3.63) is 82.1 Å². The van der Waals surface area contributed by atoms with E-state index in [2.05, 4.69) is 20.9 Å². The zero-order valence-corrected chi connectivity index (χ0v) is 17.6. The highest BCUT2D eigenvalue weighted by Gasteiger charge is 2.23. The van der Waals surface area contributed by atoms with Crippen LogP contribution in [0.4, 0.5) is 5.69 Å². The molecule has 1 amide bonds. The fourth-order valence-corrected chi connectivity index (χ4v) is 3.33. The van der Waals surface area contributed by atoms with Gasteiger partial charge in [0.15, 0.2) is 0 Å². The number of hydrogen-bond donors (Lipinski definition) is 0. The molecule has 1 heterocycles. The lowest BCUT2D eigenvalue weighted by Crippen LogP contribution is -2.32. The summed E-state index contributed by atoms with van der Waals surface area (Å²) in [5, 5.41) is 0. The number of methoxy groups -OCH3 is 2. The minimum atomic E-state index is -0.184. The lowest BCUT2D eigenvalue weighted by Gasteiger charge is -2.25. The van der Waals surface area contributed by atoms with Crippen LogP contribution in [0.25, 0.3) is 0 Å². The summed E-state index contributed by atoms with van der Waals surface area (Å²) in [6.45, 7) is 2.36. The number of carbonyl (C=O) groups is 1. The number of nitrogens with zero attached hydrogens (tertiary/aromatic N) is 2. The van der Waals surface area contributed by atoms with Crippen molar-refractivity contribution in [1.82, 2.24) is 4.98 Å². The van der Waals surface area contributed by atoms with Crippen LogP contribution in [0.15, 0.2) is 65.3 Å². The SMILES string of the molecule is COc1ccc(CN(C(=O)c2ncccc2Br)c2ccc(OC)cc2C)cc1. The summed E-state index contributed by atoms with van der Waals surface area (Å²) in [7, 11) is 3.25. The molecule has 3 rings (SSSR count). The molecule has 0 atom stereocenters. The second-order valence-electron chi connectivity index (χ2n) is 6.23. The molecule has 0 fully saturated rings. The Hall–Kier alpha value is -2.86. The zero-order chi connectivity index (χ0) is 20.1. The van der Waals surface area contributed by atoms with Gasteiger partial charge in [0.1, 0.15) is 17.2 Å². The van der Waals surface area contributed by atoms with Gasteiger partial charge in [-0.2, -0.15) is 0 Å². The van der Waals surface area contributed by atoms with Gasteiger partial charge in [0.2, 0.25) is 0 Å². The van der Waals surface area contributed by atoms with Crippen LogP contribution >= 0.6 is 15.9 Å². The first-order valence-electron chi connectivity index (χ1n) is 8.73. The van der Waals surface area contributed by atoms with E-state index in [1.807, 2.05) is 55.5 Å². The van der Waals surface area contributed by atoms with E-state index in [-0.39, 0.29) is 5.91 Å². The van der Waals surface area contributed by atoms with Gasteiger partial charge in [-0.25, -0.2) is 4.98 Å². The molecule has 0 aliphatic rings. The van der Waals surface area contributed by atoms with E-state index in [0.717, 1.165) is 28.3 Å². The molecule has 0 radical (unpaired) electrons. The molecule has 0 unspecified atom stereocenters. The Balaban J connectivity index is 2.02. The molecule has 0 spiro atoms. The van der Waals surface area contributed by atoms with Crippen LogP contribution in [0.5, 0.6) is 11.5 Å². The van der Waals surface area contributed by atoms with E-state index in [4.69, 9.17) is 9.47 Å². The van der Waals surface area contributed by atoms with Crippen molar-refractivity contribution < 1.29 is 14.3 Å². The molecule has 2 aromatic carbocycles. The highest BCUT2D eigenvalue weighted by atomic mass is 79.9. The number of aryl methyl sites for hydroxylation is 1. The van der Waals surface area contributed by atoms with Crippen LogP contribution in [-0.2, 0) is 6.54 Å². The summed E-state index contributed by atoms with van der Waals surface area (Å²) in [6.07, 6.45) is 1.62. The predicted octanol–water partition coefficient (Wildman–Crippen LogP) is 5.02. The fourth-order valence-electron chi connectivity index (χ4n) is 2.91. The van der Waals surface area contributed by atoms with Crippen molar-refractivity contribution in [2.45, 2.75) is 13.5 Å². The first kappa shape index (κ1) is 19.9. The number of halogens is 1. The predicted molar refractivity (Wildman–Crippen MR) is 113 cm³/mol. The fraction of sp³-hybridized carbons (Fsp3) is 0.182. The lowest BCUT2D eigenvalue weighted by atomic mass is 10.1. The van der Waals surface area contributed by atoms with Gasteiger partial charge < -0.3 is 14.4 Å². The van der Waals surface area contributed by atoms with Gasteiger partial charge in [0, 0.05) is 16.4 Å². The van der Waals surface area contributed by atoms with Gasteiger partial charge in [0.05, 0.1) is 20.8 Å². The Labute approximate surface area is 173 Å². The van der Waals surface area contributed by atoms with E-state index in [1.165, 1.54) is 0 Å². The minimum Gasteiger partial charge on any atom is -0.497 e. The van der Waals surface area contributed by atoms with Crippen molar-refractivity contribution in [2.75, 3.05) is 19.1 Å². The highest BCUT2D eigenvalue weighted by Crippen LogP contribution is 2.29. The molecule has 0 bridgehead atoms.